The average molecular weight is 248 g/mol. The normalized spacial score (nSPS) is 10.3. The van der Waals surface area contributed by atoms with Gasteiger partial charge in [-0.1, -0.05) is 33.7 Å². The first-order chi connectivity index (χ1) is 7.90. The molecule has 0 aliphatic heterocycles. The molecule has 2 aromatic rings. The molecule has 82 valence electrons. The predicted molar refractivity (Wildman–Crippen MR) is 72.3 cm³/mol. The Morgan fingerprint density at radius 2 is 1.94 bits per heavy atom. The van der Waals surface area contributed by atoms with Gasteiger partial charge in [0.15, 0.2) is 0 Å². The molecule has 0 amide bonds. The lowest BCUT2D eigenvalue weighted by Gasteiger charge is -2.01. The molecule has 0 fully saturated rings. The second-order valence-electron chi connectivity index (χ2n) is 3.20. The maximum Gasteiger partial charge on any atom is 0.0886 e. The summed E-state index contributed by atoms with van der Waals surface area (Å²) in [7, 11) is 3.60. The van der Waals surface area contributed by atoms with Crippen LogP contribution in [0, 0.1) is 0 Å². The van der Waals surface area contributed by atoms with E-state index in [1.165, 1.54) is 5.56 Å². The Morgan fingerprint density at radius 1 is 1.06 bits per heavy atom. The molecule has 0 spiro atoms. The molecule has 0 aromatic carbocycles. The Hall–Kier alpha value is -1.00. The zero-order valence-electron chi connectivity index (χ0n) is 8.96. The molecule has 0 saturated heterocycles. The number of hydrogen-bond acceptors (Lipinski definition) is 4. The summed E-state index contributed by atoms with van der Waals surface area (Å²) in [4.78, 5) is 8.69. The smallest absolute Gasteiger partial charge is 0.0886 e. The van der Waals surface area contributed by atoms with Crippen molar-refractivity contribution >= 4 is 21.6 Å². The summed E-state index contributed by atoms with van der Waals surface area (Å²) in [6.45, 7) is 0. The number of nitrogens with zero attached hydrogens (tertiary/aromatic N) is 2. The van der Waals surface area contributed by atoms with E-state index in [4.69, 9.17) is 0 Å². The summed E-state index contributed by atoms with van der Waals surface area (Å²) >= 11 is 0. The van der Waals surface area contributed by atoms with E-state index in [0.717, 1.165) is 17.1 Å². The largest absolute Gasteiger partial charge is 0.255 e. The van der Waals surface area contributed by atoms with Crippen molar-refractivity contribution in [2.45, 2.75) is 5.75 Å². The highest BCUT2D eigenvalue weighted by molar-refractivity contribution is 8.76. The molecule has 2 rings (SSSR count). The van der Waals surface area contributed by atoms with Crippen molar-refractivity contribution in [2.24, 2.45) is 0 Å². The van der Waals surface area contributed by atoms with Crippen LogP contribution in [0.5, 0.6) is 0 Å². The van der Waals surface area contributed by atoms with Gasteiger partial charge in [-0.25, -0.2) is 0 Å². The first-order valence-corrected chi connectivity index (χ1v) is 7.65. The number of rotatable bonds is 4. The van der Waals surface area contributed by atoms with E-state index in [-0.39, 0.29) is 0 Å². The van der Waals surface area contributed by atoms with E-state index in [1.54, 1.807) is 17.0 Å². The molecule has 2 aromatic heterocycles. The Kier molecular flexibility index (Phi) is 4.25. The summed E-state index contributed by atoms with van der Waals surface area (Å²) in [5.41, 5.74) is 3.10. The second kappa shape index (κ2) is 5.92. The molecular formula is C12H12N2S2. The molecule has 16 heavy (non-hydrogen) atoms. The van der Waals surface area contributed by atoms with Crippen LogP contribution in [0.1, 0.15) is 5.56 Å². The number of aromatic nitrogens is 2. The van der Waals surface area contributed by atoms with Crippen molar-refractivity contribution < 1.29 is 0 Å². The third-order valence-corrected chi connectivity index (χ3v) is 3.84. The van der Waals surface area contributed by atoms with E-state index in [0.29, 0.717) is 0 Å². The molecule has 0 unspecified atom stereocenters. The minimum Gasteiger partial charge on any atom is -0.255 e. The monoisotopic (exact) mass is 248 g/mol. The lowest BCUT2D eigenvalue weighted by molar-refractivity contribution is 1.21. The molecular weight excluding hydrogens is 236 g/mol. The van der Waals surface area contributed by atoms with Gasteiger partial charge in [0.2, 0.25) is 0 Å². The van der Waals surface area contributed by atoms with Crippen LogP contribution in [0.3, 0.4) is 0 Å². The average Bonchev–Trinajstić information content (AvgIpc) is 2.38. The molecule has 0 aliphatic carbocycles. The number of pyridine rings is 2. The van der Waals surface area contributed by atoms with Crippen LogP contribution >= 0.6 is 21.6 Å². The van der Waals surface area contributed by atoms with Gasteiger partial charge in [0.05, 0.1) is 11.4 Å². The molecule has 0 aliphatic rings. The fourth-order valence-electron chi connectivity index (χ4n) is 1.30. The van der Waals surface area contributed by atoms with Gasteiger partial charge in [0.25, 0.3) is 0 Å². The highest BCUT2D eigenvalue weighted by Crippen LogP contribution is 2.23. The Labute approximate surface area is 103 Å². The lowest BCUT2D eigenvalue weighted by Crippen LogP contribution is -1.88. The highest BCUT2D eigenvalue weighted by atomic mass is 33.1. The summed E-state index contributed by atoms with van der Waals surface area (Å²) in [5.74, 6) is 0.997. The molecule has 0 N–H and O–H groups in total. The molecule has 2 heterocycles. The SMILES string of the molecule is CSSCc1ccc(-c2ccccn2)nc1. The molecule has 0 radical (unpaired) electrons. The van der Waals surface area contributed by atoms with Gasteiger partial charge in [0.1, 0.15) is 0 Å². The van der Waals surface area contributed by atoms with Crippen LogP contribution in [0.25, 0.3) is 11.4 Å². The fraction of sp³-hybridized carbons (Fsp3) is 0.167. The first kappa shape index (κ1) is 11.5. The van der Waals surface area contributed by atoms with E-state index in [9.17, 15) is 0 Å². The zero-order valence-corrected chi connectivity index (χ0v) is 10.6. The van der Waals surface area contributed by atoms with Crippen LogP contribution in [0.4, 0.5) is 0 Å². The van der Waals surface area contributed by atoms with E-state index in [1.807, 2.05) is 41.3 Å². The van der Waals surface area contributed by atoms with Crippen LogP contribution in [0.2, 0.25) is 0 Å². The minimum absolute atomic E-state index is 0.923. The third-order valence-electron chi connectivity index (χ3n) is 2.10. The van der Waals surface area contributed by atoms with Crippen molar-refractivity contribution in [3.63, 3.8) is 0 Å². The van der Waals surface area contributed by atoms with Gasteiger partial charge in [-0.3, -0.25) is 9.97 Å². The van der Waals surface area contributed by atoms with Gasteiger partial charge in [-0.05, 0) is 30.0 Å². The van der Waals surface area contributed by atoms with Crippen molar-refractivity contribution in [3.8, 4) is 11.4 Å². The van der Waals surface area contributed by atoms with Gasteiger partial charge in [0, 0.05) is 18.1 Å². The van der Waals surface area contributed by atoms with Crippen molar-refractivity contribution in [2.75, 3.05) is 6.26 Å². The van der Waals surface area contributed by atoms with E-state index < -0.39 is 0 Å². The Bertz CT molecular complexity index is 429. The lowest BCUT2D eigenvalue weighted by atomic mass is 10.2. The van der Waals surface area contributed by atoms with Crippen LogP contribution in [-0.2, 0) is 5.75 Å². The van der Waals surface area contributed by atoms with Crippen LogP contribution in [-0.4, -0.2) is 16.2 Å². The standard InChI is InChI=1S/C12H12N2S2/c1-15-16-9-10-5-6-12(14-8-10)11-4-2-3-7-13-11/h2-8H,9H2,1H3. The molecule has 0 saturated carbocycles. The van der Waals surface area contributed by atoms with Crippen molar-refractivity contribution in [3.05, 3.63) is 48.3 Å². The zero-order chi connectivity index (χ0) is 11.2. The van der Waals surface area contributed by atoms with Crippen LogP contribution < -0.4 is 0 Å². The van der Waals surface area contributed by atoms with E-state index in [2.05, 4.69) is 22.3 Å². The molecule has 2 nitrogen and oxygen atoms in total. The summed E-state index contributed by atoms with van der Waals surface area (Å²) < 4.78 is 0. The molecule has 0 atom stereocenters. The van der Waals surface area contributed by atoms with E-state index >= 15 is 0 Å². The maximum absolute atomic E-state index is 4.42. The Morgan fingerprint density at radius 3 is 2.56 bits per heavy atom. The quantitative estimate of drug-likeness (QED) is 0.771. The summed E-state index contributed by atoms with van der Waals surface area (Å²) in [5, 5.41) is 0. The fourth-order valence-corrected chi connectivity index (χ4v) is 2.49. The third kappa shape index (κ3) is 3.00. The first-order valence-electron chi connectivity index (χ1n) is 4.92. The Balaban J connectivity index is 2.13. The maximum atomic E-state index is 4.42. The van der Waals surface area contributed by atoms with Gasteiger partial charge < -0.3 is 0 Å². The topological polar surface area (TPSA) is 25.8 Å². The second-order valence-corrected chi connectivity index (χ2v) is 5.76. The van der Waals surface area contributed by atoms with Crippen molar-refractivity contribution in [1.82, 2.24) is 9.97 Å². The minimum atomic E-state index is 0.923. The summed E-state index contributed by atoms with van der Waals surface area (Å²) in [6.07, 6.45) is 5.79. The summed E-state index contributed by atoms with van der Waals surface area (Å²) in [6, 6.07) is 9.99. The molecule has 0 bridgehead atoms. The highest BCUT2D eigenvalue weighted by Gasteiger charge is 1.99. The predicted octanol–water partition coefficient (Wildman–Crippen LogP) is 3.65. The van der Waals surface area contributed by atoms with Gasteiger partial charge in [-0.2, -0.15) is 0 Å². The number of hydrogen-bond donors (Lipinski definition) is 0. The van der Waals surface area contributed by atoms with Gasteiger partial charge in [-0.15, -0.1) is 0 Å². The van der Waals surface area contributed by atoms with Crippen molar-refractivity contribution in [1.29, 1.82) is 0 Å². The van der Waals surface area contributed by atoms with Gasteiger partial charge >= 0.3 is 0 Å². The molecule has 4 heteroatoms. The van der Waals surface area contributed by atoms with Crippen LogP contribution in [0.15, 0.2) is 42.7 Å².